The first-order valence-electron chi connectivity index (χ1n) is 9.06. The Kier molecular flexibility index (Phi) is 4.93. The molecule has 0 aliphatic carbocycles. The third-order valence-electron chi connectivity index (χ3n) is 4.75. The van der Waals surface area contributed by atoms with Gasteiger partial charge in [0.1, 0.15) is 18.2 Å². The molecule has 0 aliphatic rings. The smallest absolute Gasteiger partial charge is 0.173 e. The highest BCUT2D eigenvalue weighted by Gasteiger charge is 2.39. The van der Waals surface area contributed by atoms with Crippen molar-refractivity contribution in [2.45, 2.75) is 5.54 Å². The third kappa shape index (κ3) is 3.05. The highest BCUT2D eigenvalue weighted by Crippen LogP contribution is 2.40. The summed E-state index contributed by atoms with van der Waals surface area (Å²) in [4.78, 5) is 15.1. The molecule has 0 amide bonds. The van der Waals surface area contributed by atoms with E-state index in [-0.39, 0.29) is 0 Å². The van der Waals surface area contributed by atoms with Crippen LogP contribution >= 0.6 is 0 Å². The topological polar surface area (TPSA) is 47.8 Å². The molecule has 0 spiro atoms. The number of hydrogen-bond acceptors (Lipinski definition) is 3. The van der Waals surface area contributed by atoms with Crippen LogP contribution in [0.25, 0.3) is 6.08 Å². The predicted octanol–water partition coefficient (Wildman–Crippen LogP) is 4.33. The van der Waals surface area contributed by atoms with Crippen molar-refractivity contribution in [2.75, 3.05) is 0 Å². The van der Waals surface area contributed by atoms with E-state index in [0.29, 0.717) is 5.82 Å². The van der Waals surface area contributed by atoms with E-state index in [1.54, 1.807) is 12.4 Å². The summed E-state index contributed by atoms with van der Waals surface area (Å²) in [6, 6.07) is 30.8. The molecule has 1 heterocycles. The minimum atomic E-state index is -0.690. The van der Waals surface area contributed by atoms with Crippen molar-refractivity contribution in [1.29, 1.82) is 0 Å². The number of allylic oxidation sites excluding steroid dienone is 1. The van der Waals surface area contributed by atoms with E-state index in [4.69, 9.17) is 5.10 Å². The van der Waals surface area contributed by atoms with E-state index in [1.165, 1.54) is 6.08 Å². The van der Waals surface area contributed by atoms with Gasteiger partial charge in [0.2, 0.25) is 0 Å². The van der Waals surface area contributed by atoms with Gasteiger partial charge in [-0.2, -0.15) is 5.10 Å². The molecule has 4 rings (SSSR count). The molecule has 28 heavy (non-hydrogen) atoms. The molecule has 0 bridgehead atoms. The highest BCUT2D eigenvalue weighted by atomic mass is 16.1. The fourth-order valence-corrected chi connectivity index (χ4v) is 3.57. The summed E-state index contributed by atoms with van der Waals surface area (Å²) >= 11 is 0. The van der Waals surface area contributed by atoms with Crippen LogP contribution in [0.3, 0.4) is 0 Å². The first-order chi connectivity index (χ1) is 13.9. The number of aromatic nitrogens is 3. The van der Waals surface area contributed by atoms with Crippen molar-refractivity contribution in [3.63, 3.8) is 0 Å². The van der Waals surface area contributed by atoms with Crippen molar-refractivity contribution in [2.24, 2.45) is 0 Å². The van der Waals surface area contributed by atoms with Crippen LogP contribution in [0.15, 0.2) is 103 Å². The Morgan fingerprint density at radius 1 is 0.714 bits per heavy atom. The zero-order chi connectivity index (χ0) is 19.2. The zero-order valence-corrected chi connectivity index (χ0v) is 15.2. The molecular weight excluding hydrogens is 346 g/mol. The molecule has 4 heteroatoms. The van der Waals surface area contributed by atoms with E-state index in [2.05, 4.69) is 41.4 Å². The molecule has 0 aliphatic heterocycles. The Hall–Kier alpha value is -3.79. The van der Waals surface area contributed by atoms with Gasteiger partial charge in [-0.25, -0.2) is 9.67 Å². The number of nitrogens with zero attached hydrogens (tertiary/aromatic N) is 3. The van der Waals surface area contributed by atoms with Gasteiger partial charge in [-0.15, -0.1) is 0 Å². The Morgan fingerprint density at radius 3 is 1.61 bits per heavy atom. The Labute approximate surface area is 163 Å². The SMILES string of the molecule is O=CC=Cc1ncn(C(c2ccccc2)(c2ccccc2)c2ccccc2)n1. The standard InChI is InChI=1S/C24H19N3O/c28-18-10-17-23-25-19-27(26-23)24(20-11-4-1-5-12-20,21-13-6-2-7-14-21)22-15-8-3-9-16-22/h1-19H. The summed E-state index contributed by atoms with van der Waals surface area (Å²) in [5, 5.41) is 4.71. The lowest BCUT2D eigenvalue weighted by atomic mass is 9.77. The van der Waals surface area contributed by atoms with Gasteiger partial charge in [0.25, 0.3) is 0 Å². The van der Waals surface area contributed by atoms with E-state index in [9.17, 15) is 4.79 Å². The Morgan fingerprint density at radius 2 is 1.18 bits per heavy atom. The second-order valence-corrected chi connectivity index (χ2v) is 6.35. The molecule has 0 fully saturated rings. The minimum Gasteiger partial charge on any atom is -0.299 e. The number of benzene rings is 3. The van der Waals surface area contributed by atoms with Crippen LogP contribution in [-0.4, -0.2) is 21.1 Å². The lowest BCUT2D eigenvalue weighted by Gasteiger charge is -2.35. The summed E-state index contributed by atoms with van der Waals surface area (Å²) in [6.07, 6.45) is 5.45. The molecule has 1 aromatic heterocycles. The summed E-state index contributed by atoms with van der Waals surface area (Å²) in [5.41, 5.74) is 2.53. The number of rotatable bonds is 6. The van der Waals surface area contributed by atoms with Gasteiger partial charge in [0.15, 0.2) is 5.82 Å². The van der Waals surface area contributed by atoms with Crippen LogP contribution in [0.4, 0.5) is 0 Å². The van der Waals surface area contributed by atoms with Crippen molar-refractivity contribution < 1.29 is 4.79 Å². The van der Waals surface area contributed by atoms with Crippen LogP contribution in [0.5, 0.6) is 0 Å². The minimum absolute atomic E-state index is 0.485. The van der Waals surface area contributed by atoms with Crippen LogP contribution in [-0.2, 0) is 10.3 Å². The predicted molar refractivity (Wildman–Crippen MR) is 110 cm³/mol. The van der Waals surface area contributed by atoms with Crippen molar-refractivity contribution in [3.05, 3.63) is 126 Å². The molecule has 136 valence electrons. The third-order valence-corrected chi connectivity index (χ3v) is 4.75. The summed E-state index contributed by atoms with van der Waals surface area (Å²) in [6.45, 7) is 0. The lowest BCUT2D eigenvalue weighted by Crippen LogP contribution is -2.38. The maximum absolute atomic E-state index is 10.7. The molecule has 0 radical (unpaired) electrons. The number of hydrogen-bond donors (Lipinski definition) is 0. The summed E-state index contributed by atoms with van der Waals surface area (Å²) in [5.74, 6) is 0.485. The van der Waals surface area contributed by atoms with Crippen LogP contribution < -0.4 is 0 Å². The average molecular weight is 365 g/mol. The molecular formula is C24H19N3O. The van der Waals surface area contributed by atoms with E-state index in [0.717, 1.165) is 23.0 Å². The van der Waals surface area contributed by atoms with E-state index >= 15 is 0 Å². The molecule has 4 nitrogen and oxygen atoms in total. The molecule has 0 saturated heterocycles. The molecule has 0 saturated carbocycles. The summed E-state index contributed by atoms with van der Waals surface area (Å²) in [7, 11) is 0. The first kappa shape index (κ1) is 17.6. The molecule has 0 unspecified atom stereocenters. The van der Waals surface area contributed by atoms with Gasteiger partial charge in [-0.05, 0) is 28.8 Å². The number of aldehydes is 1. The summed E-state index contributed by atoms with van der Waals surface area (Å²) < 4.78 is 1.87. The maximum atomic E-state index is 10.7. The largest absolute Gasteiger partial charge is 0.299 e. The van der Waals surface area contributed by atoms with Gasteiger partial charge >= 0.3 is 0 Å². The van der Waals surface area contributed by atoms with Gasteiger partial charge in [0, 0.05) is 0 Å². The quantitative estimate of drug-likeness (QED) is 0.290. The van der Waals surface area contributed by atoms with Crippen LogP contribution in [0.1, 0.15) is 22.5 Å². The number of carbonyl (C=O) groups is 1. The number of carbonyl (C=O) groups excluding carboxylic acids is 1. The maximum Gasteiger partial charge on any atom is 0.173 e. The van der Waals surface area contributed by atoms with Gasteiger partial charge in [-0.3, -0.25) is 4.79 Å². The normalized spacial score (nSPS) is 11.6. The monoisotopic (exact) mass is 365 g/mol. The highest BCUT2D eigenvalue weighted by molar-refractivity contribution is 5.72. The van der Waals surface area contributed by atoms with Gasteiger partial charge in [-0.1, -0.05) is 91.0 Å². The Bertz CT molecular complexity index is 974. The first-order valence-corrected chi connectivity index (χ1v) is 9.06. The molecule has 0 atom stereocenters. The van der Waals surface area contributed by atoms with Crippen molar-refractivity contribution in [3.8, 4) is 0 Å². The van der Waals surface area contributed by atoms with E-state index < -0.39 is 5.54 Å². The van der Waals surface area contributed by atoms with Crippen LogP contribution in [0, 0.1) is 0 Å². The Balaban J connectivity index is 2.06. The van der Waals surface area contributed by atoms with Gasteiger partial charge < -0.3 is 0 Å². The second kappa shape index (κ2) is 7.84. The van der Waals surface area contributed by atoms with Crippen molar-refractivity contribution >= 4 is 12.4 Å². The van der Waals surface area contributed by atoms with E-state index in [1.807, 2.05) is 59.3 Å². The second-order valence-electron chi connectivity index (χ2n) is 6.35. The molecule has 4 aromatic rings. The fourth-order valence-electron chi connectivity index (χ4n) is 3.57. The van der Waals surface area contributed by atoms with Gasteiger partial charge in [0.05, 0.1) is 0 Å². The van der Waals surface area contributed by atoms with Crippen LogP contribution in [0.2, 0.25) is 0 Å². The lowest BCUT2D eigenvalue weighted by molar-refractivity contribution is -0.104. The average Bonchev–Trinajstić information content (AvgIpc) is 3.24. The molecule has 0 N–H and O–H groups in total. The molecule has 3 aromatic carbocycles. The van der Waals surface area contributed by atoms with Crippen molar-refractivity contribution in [1.82, 2.24) is 14.8 Å². The zero-order valence-electron chi connectivity index (χ0n) is 15.2. The fraction of sp³-hybridized carbons (Fsp3) is 0.0417.